The third kappa shape index (κ3) is 4.29. The molecule has 0 atom stereocenters. The van der Waals surface area contributed by atoms with Crippen molar-refractivity contribution in [2.24, 2.45) is 0 Å². The summed E-state index contributed by atoms with van der Waals surface area (Å²) in [6, 6.07) is 5.99. The Labute approximate surface area is 151 Å². The molecule has 140 valence electrons. The number of aliphatic hydroxyl groups is 1. The minimum Gasteiger partial charge on any atom is -0.508 e. The Hall–Kier alpha value is -2.68. The van der Waals surface area contributed by atoms with E-state index in [0.717, 1.165) is 0 Å². The first kappa shape index (κ1) is 19.6. The third-order valence-electron chi connectivity index (χ3n) is 3.82. The van der Waals surface area contributed by atoms with Gasteiger partial charge in [-0.15, -0.1) is 0 Å². The molecule has 1 aliphatic heterocycles. The van der Waals surface area contributed by atoms with Gasteiger partial charge in [0.05, 0.1) is 22.6 Å². The van der Waals surface area contributed by atoms with Gasteiger partial charge < -0.3 is 15.3 Å². The van der Waals surface area contributed by atoms with Gasteiger partial charge >= 0.3 is 5.97 Å². The van der Waals surface area contributed by atoms with Crippen LogP contribution in [0.15, 0.2) is 35.6 Å². The van der Waals surface area contributed by atoms with Crippen LogP contribution in [0.1, 0.15) is 30.6 Å². The molecule has 2 N–H and O–H groups in total. The van der Waals surface area contributed by atoms with Crippen LogP contribution in [0.25, 0.3) is 0 Å². The van der Waals surface area contributed by atoms with Crippen LogP contribution in [0.4, 0.5) is 5.69 Å². The highest BCUT2D eigenvalue weighted by atomic mass is 32.2. The topological polar surface area (TPSA) is 125 Å². The van der Waals surface area contributed by atoms with Gasteiger partial charge in [-0.25, -0.2) is 13.2 Å². The molecule has 0 bridgehead atoms. The first-order valence-electron chi connectivity index (χ1n) is 7.89. The van der Waals surface area contributed by atoms with Gasteiger partial charge in [0.1, 0.15) is 12.4 Å². The van der Waals surface area contributed by atoms with E-state index in [1.807, 2.05) is 0 Å². The summed E-state index contributed by atoms with van der Waals surface area (Å²) >= 11 is 0. The largest absolute Gasteiger partial charge is 0.508 e. The molecule has 1 fully saturated rings. The fourth-order valence-electron chi connectivity index (χ4n) is 2.69. The number of Topliss-reactive ketones (excluding diaryl/α,β-unsaturated/α-hetero) is 1. The van der Waals surface area contributed by atoms with Gasteiger partial charge in [0.15, 0.2) is 5.78 Å². The van der Waals surface area contributed by atoms with E-state index in [-0.39, 0.29) is 22.6 Å². The van der Waals surface area contributed by atoms with Crippen molar-refractivity contribution in [3.63, 3.8) is 0 Å². The fourth-order valence-corrected chi connectivity index (χ4v) is 4.25. The zero-order valence-electron chi connectivity index (χ0n) is 14.5. The van der Waals surface area contributed by atoms with Crippen molar-refractivity contribution >= 4 is 33.2 Å². The summed E-state index contributed by atoms with van der Waals surface area (Å²) in [6.07, 6.45) is 0.520. The van der Waals surface area contributed by atoms with Gasteiger partial charge in [-0.1, -0.05) is 6.07 Å². The number of ketones is 1. The second-order valence-electron chi connectivity index (χ2n) is 5.87. The normalized spacial score (nSPS) is 16.8. The Bertz CT molecular complexity index is 872. The number of nitrogens with one attached hydrogen (secondary N) is 1. The average Bonchev–Trinajstić information content (AvgIpc) is 2.91. The van der Waals surface area contributed by atoms with Crippen molar-refractivity contribution in [3.8, 4) is 0 Å². The van der Waals surface area contributed by atoms with Crippen LogP contribution in [0.3, 0.4) is 0 Å². The van der Waals surface area contributed by atoms with E-state index < -0.39 is 34.1 Å². The highest BCUT2D eigenvalue weighted by Crippen LogP contribution is 2.25. The number of carbonyl (C=O) groups is 2. The molecule has 1 aliphatic rings. The standard InChI is InChI=1S/C17H20N2O6S/c1-11(18)16(12(2)20)15(21)10-25-17(22)13-5-3-6-14(9-13)19-7-4-8-26(19,23)24/h3,5-6,9,18,21H,4,7-8,10H2,1-2H3/b16-15-,18-11?. The Morgan fingerprint density at radius 1 is 1.31 bits per heavy atom. The van der Waals surface area contributed by atoms with Crippen LogP contribution < -0.4 is 4.31 Å². The molecule has 0 saturated carbocycles. The van der Waals surface area contributed by atoms with Gasteiger partial charge in [0.25, 0.3) is 0 Å². The molecule has 2 rings (SSSR count). The van der Waals surface area contributed by atoms with Crippen LogP contribution >= 0.6 is 0 Å². The average molecular weight is 380 g/mol. The van der Waals surface area contributed by atoms with E-state index in [0.29, 0.717) is 18.7 Å². The van der Waals surface area contributed by atoms with Crippen LogP contribution in [0.5, 0.6) is 0 Å². The number of ether oxygens (including phenoxy) is 1. The molecule has 8 nitrogen and oxygen atoms in total. The molecule has 1 heterocycles. The van der Waals surface area contributed by atoms with Crippen molar-refractivity contribution in [1.29, 1.82) is 5.41 Å². The number of aliphatic hydroxyl groups excluding tert-OH is 1. The molecule has 9 heteroatoms. The van der Waals surface area contributed by atoms with Gasteiger partial charge in [0, 0.05) is 12.3 Å². The molecule has 1 aromatic rings. The van der Waals surface area contributed by atoms with Crippen molar-refractivity contribution in [2.45, 2.75) is 20.3 Å². The summed E-state index contributed by atoms with van der Waals surface area (Å²) in [5.41, 5.74) is 0.159. The van der Waals surface area contributed by atoms with Crippen molar-refractivity contribution in [1.82, 2.24) is 0 Å². The van der Waals surface area contributed by atoms with E-state index in [9.17, 15) is 23.1 Å². The molecular formula is C17H20N2O6S. The lowest BCUT2D eigenvalue weighted by atomic mass is 10.1. The quantitative estimate of drug-likeness (QED) is 0.336. The Morgan fingerprint density at radius 2 is 2.00 bits per heavy atom. The maximum atomic E-state index is 12.2. The molecule has 1 aromatic carbocycles. The lowest BCUT2D eigenvalue weighted by Crippen LogP contribution is -2.25. The van der Waals surface area contributed by atoms with Crippen LogP contribution in [-0.2, 0) is 19.6 Å². The fraction of sp³-hybridized carbons (Fsp3) is 0.353. The van der Waals surface area contributed by atoms with Crippen LogP contribution in [0, 0.1) is 5.41 Å². The van der Waals surface area contributed by atoms with Gasteiger partial charge in [0.2, 0.25) is 10.0 Å². The van der Waals surface area contributed by atoms with Crippen LogP contribution in [-0.4, -0.2) is 49.9 Å². The van der Waals surface area contributed by atoms with Crippen molar-refractivity contribution in [3.05, 3.63) is 41.2 Å². The lowest BCUT2D eigenvalue weighted by Gasteiger charge is -2.17. The SMILES string of the molecule is CC(=N)/C(C(C)=O)=C(/O)COC(=O)c1cccc(N2CCCS2(=O)=O)c1. The Balaban J connectivity index is 2.16. The molecule has 0 amide bonds. The first-order chi connectivity index (χ1) is 12.1. The molecule has 0 aromatic heterocycles. The van der Waals surface area contributed by atoms with E-state index in [2.05, 4.69) is 0 Å². The van der Waals surface area contributed by atoms with E-state index in [1.54, 1.807) is 6.07 Å². The van der Waals surface area contributed by atoms with Crippen molar-refractivity contribution < 1.29 is 27.9 Å². The molecule has 0 radical (unpaired) electrons. The second kappa shape index (κ2) is 7.69. The number of nitrogens with zero attached hydrogens (tertiary/aromatic N) is 1. The summed E-state index contributed by atoms with van der Waals surface area (Å²) in [7, 11) is -3.37. The smallest absolute Gasteiger partial charge is 0.338 e. The summed E-state index contributed by atoms with van der Waals surface area (Å²) in [4.78, 5) is 23.6. The number of carbonyl (C=O) groups excluding carboxylic acids is 2. The van der Waals surface area contributed by atoms with Gasteiger partial charge in [-0.2, -0.15) is 0 Å². The summed E-state index contributed by atoms with van der Waals surface area (Å²) in [5.74, 6) is -1.72. The van der Waals surface area contributed by atoms with E-state index in [1.165, 1.54) is 36.4 Å². The summed E-state index contributed by atoms with van der Waals surface area (Å²) < 4.78 is 30.2. The number of allylic oxidation sites excluding steroid dienone is 1. The minimum absolute atomic E-state index is 0.0666. The van der Waals surface area contributed by atoms with E-state index in [4.69, 9.17) is 10.1 Å². The number of rotatable bonds is 6. The van der Waals surface area contributed by atoms with Gasteiger partial charge in [-0.3, -0.25) is 9.10 Å². The van der Waals surface area contributed by atoms with Crippen molar-refractivity contribution in [2.75, 3.05) is 23.2 Å². The predicted octanol–water partition coefficient (Wildman–Crippen LogP) is 1.82. The minimum atomic E-state index is -3.37. The molecular weight excluding hydrogens is 360 g/mol. The molecule has 26 heavy (non-hydrogen) atoms. The highest BCUT2D eigenvalue weighted by molar-refractivity contribution is 7.93. The molecule has 0 aliphatic carbocycles. The highest BCUT2D eigenvalue weighted by Gasteiger charge is 2.28. The second-order valence-corrected chi connectivity index (χ2v) is 7.88. The zero-order valence-corrected chi connectivity index (χ0v) is 15.3. The lowest BCUT2D eigenvalue weighted by molar-refractivity contribution is -0.113. The summed E-state index contributed by atoms with van der Waals surface area (Å²) in [6.45, 7) is 2.33. The number of hydrogen-bond acceptors (Lipinski definition) is 7. The zero-order chi connectivity index (χ0) is 19.5. The predicted molar refractivity (Wildman–Crippen MR) is 96.2 cm³/mol. The maximum Gasteiger partial charge on any atom is 0.338 e. The summed E-state index contributed by atoms with van der Waals surface area (Å²) in [5, 5.41) is 17.4. The number of anilines is 1. The number of hydrogen-bond donors (Lipinski definition) is 2. The van der Waals surface area contributed by atoms with E-state index >= 15 is 0 Å². The molecule has 1 saturated heterocycles. The Kier molecular flexibility index (Phi) is 5.81. The third-order valence-corrected chi connectivity index (χ3v) is 5.69. The monoisotopic (exact) mass is 380 g/mol. The maximum absolute atomic E-state index is 12.2. The molecule has 0 spiro atoms. The number of sulfonamides is 1. The number of esters is 1. The first-order valence-corrected chi connectivity index (χ1v) is 9.50. The van der Waals surface area contributed by atoms with Crippen LogP contribution in [0.2, 0.25) is 0 Å². The Morgan fingerprint density at radius 3 is 2.54 bits per heavy atom. The van der Waals surface area contributed by atoms with Gasteiger partial charge in [-0.05, 0) is 38.5 Å². The number of benzene rings is 1. The molecule has 0 unspecified atom stereocenters.